The molecule has 0 saturated carbocycles. The molecule has 0 aliphatic carbocycles. The SMILES string of the molecule is COc1ccc(OC[C@H]2c3cc(OC)c(OC)cc3CCN2C(=S)Nc2cccc(C)c2C)cc1. The van der Waals surface area contributed by atoms with Crippen LogP contribution >= 0.6 is 12.2 Å². The van der Waals surface area contributed by atoms with E-state index in [9.17, 15) is 0 Å². The van der Waals surface area contributed by atoms with E-state index >= 15 is 0 Å². The van der Waals surface area contributed by atoms with Crippen molar-refractivity contribution in [1.29, 1.82) is 0 Å². The van der Waals surface area contributed by atoms with Gasteiger partial charge in [0.05, 0.1) is 27.4 Å². The van der Waals surface area contributed by atoms with E-state index in [1.807, 2.05) is 36.4 Å². The summed E-state index contributed by atoms with van der Waals surface area (Å²) in [6, 6.07) is 17.8. The van der Waals surface area contributed by atoms with E-state index in [1.54, 1.807) is 21.3 Å². The molecule has 0 aromatic heterocycles. The first-order valence-corrected chi connectivity index (χ1v) is 12.0. The van der Waals surface area contributed by atoms with E-state index in [-0.39, 0.29) is 6.04 Å². The third-order valence-corrected chi connectivity index (χ3v) is 6.91. The molecule has 7 heteroatoms. The number of anilines is 1. The van der Waals surface area contributed by atoms with Crippen LogP contribution in [0.2, 0.25) is 0 Å². The van der Waals surface area contributed by atoms with Gasteiger partial charge in [0, 0.05) is 12.2 Å². The van der Waals surface area contributed by atoms with Gasteiger partial charge in [-0.25, -0.2) is 0 Å². The summed E-state index contributed by atoms with van der Waals surface area (Å²) in [7, 11) is 4.96. The Balaban J connectivity index is 1.65. The standard InChI is InChI=1S/C28H32N2O4S/c1-18-7-6-8-24(19(18)2)29-28(35)30-14-13-20-15-26(32-4)27(33-5)16-23(20)25(30)17-34-22-11-9-21(31-3)10-12-22/h6-12,15-16,25H,13-14,17H2,1-5H3,(H,29,35)/t25-/m0/s1. The first-order valence-electron chi connectivity index (χ1n) is 11.6. The molecule has 1 N–H and O–H groups in total. The Hall–Kier alpha value is -3.45. The summed E-state index contributed by atoms with van der Waals surface area (Å²) in [5.41, 5.74) is 5.75. The number of hydrogen-bond donors (Lipinski definition) is 1. The summed E-state index contributed by atoms with van der Waals surface area (Å²) in [6.45, 7) is 5.39. The van der Waals surface area contributed by atoms with Crippen LogP contribution in [0.25, 0.3) is 0 Å². The van der Waals surface area contributed by atoms with Gasteiger partial charge in [-0.2, -0.15) is 0 Å². The number of nitrogens with one attached hydrogen (secondary N) is 1. The van der Waals surface area contributed by atoms with Crippen LogP contribution in [-0.4, -0.2) is 44.5 Å². The fraction of sp³-hybridized carbons (Fsp3) is 0.321. The van der Waals surface area contributed by atoms with Crippen LogP contribution in [0.1, 0.15) is 28.3 Å². The lowest BCUT2D eigenvalue weighted by Gasteiger charge is -2.39. The molecule has 0 bridgehead atoms. The molecule has 0 unspecified atom stereocenters. The lowest BCUT2D eigenvalue weighted by atomic mass is 9.92. The van der Waals surface area contributed by atoms with Crippen LogP contribution in [0, 0.1) is 13.8 Å². The molecule has 184 valence electrons. The quantitative estimate of drug-likeness (QED) is 0.424. The molecule has 1 heterocycles. The third-order valence-electron chi connectivity index (χ3n) is 6.58. The van der Waals surface area contributed by atoms with Gasteiger partial charge in [-0.3, -0.25) is 0 Å². The number of nitrogens with zero attached hydrogens (tertiary/aromatic N) is 1. The zero-order valence-electron chi connectivity index (χ0n) is 20.9. The van der Waals surface area contributed by atoms with E-state index in [4.69, 9.17) is 31.2 Å². The van der Waals surface area contributed by atoms with Gasteiger partial charge in [-0.05, 0) is 97.2 Å². The van der Waals surface area contributed by atoms with Gasteiger partial charge in [0.1, 0.15) is 18.1 Å². The highest BCUT2D eigenvalue weighted by molar-refractivity contribution is 7.80. The van der Waals surface area contributed by atoms with Crippen molar-refractivity contribution < 1.29 is 18.9 Å². The van der Waals surface area contributed by atoms with Crippen molar-refractivity contribution in [2.24, 2.45) is 0 Å². The van der Waals surface area contributed by atoms with Crippen molar-refractivity contribution in [3.63, 3.8) is 0 Å². The predicted octanol–water partition coefficient (Wildman–Crippen LogP) is 5.70. The van der Waals surface area contributed by atoms with Gasteiger partial charge < -0.3 is 29.2 Å². The Bertz CT molecular complexity index is 1200. The second-order valence-corrected chi connectivity index (χ2v) is 8.92. The van der Waals surface area contributed by atoms with Crippen LogP contribution in [0.15, 0.2) is 54.6 Å². The summed E-state index contributed by atoms with van der Waals surface area (Å²) < 4.78 is 22.7. The number of methoxy groups -OCH3 is 3. The molecular weight excluding hydrogens is 460 g/mol. The van der Waals surface area contributed by atoms with Crippen LogP contribution < -0.4 is 24.3 Å². The molecule has 4 rings (SSSR count). The number of ether oxygens (including phenoxy) is 4. The van der Waals surface area contributed by atoms with E-state index < -0.39 is 0 Å². The van der Waals surface area contributed by atoms with Gasteiger partial charge in [0.15, 0.2) is 16.6 Å². The topological polar surface area (TPSA) is 52.2 Å². The smallest absolute Gasteiger partial charge is 0.174 e. The Labute approximate surface area is 212 Å². The maximum absolute atomic E-state index is 6.25. The fourth-order valence-electron chi connectivity index (χ4n) is 4.37. The lowest BCUT2D eigenvalue weighted by molar-refractivity contribution is 0.190. The van der Waals surface area contributed by atoms with Gasteiger partial charge >= 0.3 is 0 Å². The first-order chi connectivity index (χ1) is 16.9. The Morgan fingerprint density at radius 3 is 2.31 bits per heavy atom. The minimum absolute atomic E-state index is 0.106. The number of thiocarbonyl (C=S) groups is 1. The van der Waals surface area contributed by atoms with Crippen LogP contribution in [0.5, 0.6) is 23.0 Å². The van der Waals surface area contributed by atoms with Crippen molar-refractivity contribution >= 4 is 23.0 Å². The van der Waals surface area contributed by atoms with Crippen LogP contribution in [0.3, 0.4) is 0 Å². The second-order valence-electron chi connectivity index (χ2n) is 8.53. The summed E-state index contributed by atoms with van der Waals surface area (Å²) in [6.07, 6.45) is 0.837. The minimum Gasteiger partial charge on any atom is -0.497 e. The Morgan fingerprint density at radius 2 is 1.63 bits per heavy atom. The summed E-state index contributed by atoms with van der Waals surface area (Å²) >= 11 is 5.93. The monoisotopic (exact) mass is 492 g/mol. The van der Waals surface area contributed by atoms with Gasteiger partial charge in [-0.15, -0.1) is 0 Å². The second kappa shape index (κ2) is 10.9. The highest BCUT2D eigenvalue weighted by atomic mass is 32.1. The van der Waals surface area contributed by atoms with Gasteiger partial charge in [-0.1, -0.05) is 12.1 Å². The lowest BCUT2D eigenvalue weighted by Crippen LogP contribution is -2.44. The maximum Gasteiger partial charge on any atom is 0.174 e. The normalized spacial score (nSPS) is 14.7. The molecule has 3 aromatic carbocycles. The summed E-state index contributed by atoms with van der Waals surface area (Å²) in [5, 5.41) is 4.14. The molecule has 0 saturated heterocycles. The molecule has 1 aliphatic rings. The molecule has 3 aromatic rings. The fourth-order valence-corrected chi connectivity index (χ4v) is 4.70. The Kier molecular flexibility index (Phi) is 7.66. The molecule has 0 amide bonds. The third kappa shape index (κ3) is 5.30. The number of aryl methyl sites for hydroxylation is 1. The largest absolute Gasteiger partial charge is 0.497 e. The van der Waals surface area contributed by atoms with Crippen molar-refractivity contribution in [2.75, 3.05) is 39.8 Å². The maximum atomic E-state index is 6.25. The predicted molar refractivity (Wildman–Crippen MR) is 143 cm³/mol. The van der Waals surface area contributed by atoms with Crippen molar-refractivity contribution in [1.82, 2.24) is 4.90 Å². The highest BCUT2D eigenvalue weighted by Gasteiger charge is 2.31. The molecule has 0 fully saturated rings. The zero-order valence-corrected chi connectivity index (χ0v) is 21.7. The van der Waals surface area contributed by atoms with Crippen LogP contribution in [0.4, 0.5) is 5.69 Å². The molecular formula is C28H32N2O4S. The van der Waals surface area contributed by atoms with E-state index in [1.165, 1.54) is 16.7 Å². The number of hydrogen-bond acceptors (Lipinski definition) is 5. The van der Waals surface area contributed by atoms with E-state index in [0.29, 0.717) is 17.5 Å². The first kappa shape index (κ1) is 24.7. The number of fused-ring (bicyclic) bond motifs is 1. The Morgan fingerprint density at radius 1 is 0.943 bits per heavy atom. The molecule has 35 heavy (non-hydrogen) atoms. The molecule has 0 radical (unpaired) electrons. The van der Waals surface area contributed by atoms with Crippen molar-refractivity contribution in [3.8, 4) is 23.0 Å². The van der Waals surface area contributed by atoms with Crippen LogP contribution in [-0.2, 0) is 6.42 Å². The zero-order chi connectivity index (χ0) is 24.9. The summed E-state index contributed by atoms with van der Waals surface area (Å²) in [5.74, 6) is 2.98. The van der Waals surface area contributed by atoms with Gasteiger partial charge in [0.25, 0.3) is 0 Å². The number of rotatable bonds is 7. The molecule has 1 atom stereocenters. The van der Waals surface area contributed by atoms with E-state index in [0.717, 1.165) is 41.5 Å². The highest BCUT2D eigenvalue weighted by Crippen LogP contribution is 2.39. The average molecular weight is 493 g/mol. The summed E-state index contributed by atoms with van der Waals surface area (Å²) in [4.78, 5) is 2.20. The number of benzene rings is 3. The van der Waals surface area contributed by atoms with Crippen molar-refractivity contribution in [2.45, 2.75) is 26.3 Å². The van der Waals surface area contributed by atoms with Crippen molar-refractivity contribution in [3.05, 3.63) is 76.9 Å². The minimum atomic E-state index is -0.106. The molecule has 1 aliphatic heterocycles. The average Bonchev–Trinajstić information content (AvgIpc) is 2.89. The van der Waals surface area contributed by atoms with Gasteiger partial charge in [0.2, 0.25) is 0 Å². The van der Waals surface area contributed by atoms with E-state index in [2.05, 4.69) is 42.3 Å². The molecule has 0 spiro atoms. The molecule has 6 nitrogen and oxygen atoms in total.